The van der Waals surface area contributed by atoms with Crippen LogP contribution in [0, 0.1) is 0 Å². The number of hydrogen-bond acceptors (Lipinski definition) is 2. The van der Waals surface area contributed by atoms with Gasteiger partial charge in [-0.2, -0.15) is 0 Å². The average molecular weight is 274 g/mol. The highest BCUT2D eigenvalue weighted by molar-refractivity contribution is 5.25. The van der Waals surface area contributed by atoms with E-state index in [1.165, 1.54) is 36.9 Å². The van der Waals surface area contributed by atoms with Crippen LogP contribution in [-0.2, 0) is 6.42 Å². The van der Waals surface area contributed by atoms with Crippen LogP contribution in [0.2, 0.25) is 0 Å². The molecule has 0 saturated carbocycles. The maximum absolute atomic E-state index is 3.66. The number of rotatable bonds is 6. The molecule has 1 aliphatic heterocycles. The Morgan fingerprint density at radius 2 is 1.95 bits per heavy atom. The number of nitrogens with one attached hydrogen (secondary N) is 1. The highest BCUT2D eigenvalue weighted by atomic mass is 15.2. The smallest absolute Gasteiger partial charge is 0.0449 e. The minimum atomic E-state index is 0.464. The first-order valence-corrected chi connectivity index (χ1v) is 8.30. The summed E-state index contributed by atoms with van der Waals surface area (Å²) in [5, 5.41) is 3.66. The molecule has 2 unspecified atom stereocenters. The lowest BCUT2D eigenvalue weighted by molar-refractivity contribution is 0.144. The van der Waals surface area contributed by atoms with Gasteiger partial charge in [0.1, 0.15) is 0 Å². The summed E-state index contributed by atoms with van der Waals surface area (Å²) in [4.78, 5) is 2.66. The van der Waals surface area contributed by atoms with Gasteiger partial charge in [0.2, 0.25) is 0 Å². The lowest BCUT2D eigenvalue weighted by atomic mass is 9.99. The quantitative estimate of drug-likeness (QED) is 0.849. The predicted molar refractivity (Wildman–Crippen MR) is 87.1 cm³/mol. The van der Waals surface area contributed by atoms with Gasteiger partial charge >= 0.3 is 0 Å². The molecule has 20 heavy (non-hydrogen) atoms. The Labute approximate surface area is 124 Å². The molecule has 2 heteroatoms. The second-order valence-electron chi connectivity index (χ2n) is 6.05. The van der Waals surface area contributed by atoms with Crippen LogP contribution in [0.4, 0.5) is 0 Å². The van der Waals surface area contributed by atoms with Crippen molar-refractivity contribution < 1.29 is 0 Å². The van der Waals surface area contributed by atoms with E-state index in [1.54, 1.807) is 0 Å². The van der Waals surface area contributed by atoms with Gasteiger partial charge in [0, 0.05) is 18.6 Å². The van der Waals surface area contributed by atoms with Crippen molar-refractivity contribution in [3.8, 4) is 0 Å². The normalized spacial score (nSPS) is 21.9. The molecule has 2 rings (SSSR count). The molecule has 1 saturated heterocycles. The van der Waals surface area contributed by atoms with Crippen molar-refractivity contribution in [3.05, 3.63) is 35.4 Å². The summed E-state index contributed by atoms with van der Waals surface area (Å²) in [6, 6.07) is 10.4. The first kappa shape index (κ1) is 15.5. The molecule has 0 spiro atoms. The van der Waals surface area contributed by atoms with Crippen molar-refractivity contribution in [1.29, 1.82) is 0 Å². The summed E-state index contributed by atoms with van der Waals surface area (Å²) in [5.74, 6) is 0. The molecule has 0 aromatic heterocycles. The fourth-order valence-corrected chi connectivity index (χ4v) is 3.18. The largest absolute Gasteiger partial charge is 0.309 e. The van der Waals surface area contributed by atoms with Crippen LogP contribution in [-0.4, -0.2) is 30.6 Å². The third kappa shape index (κ3) is 4.07. The van der Waals surface area contributed by atoms with Gasteiger partial charge in [-0.25, -0.2) is 0 Å². The third-order valence-corrected chi connectivity index (χ3v) is 4.60. The fraction of sp³-hybridized carbons (Fsp3) is 0.667. The standard InChI is InChI=1S/C18H30N2/c1-4-16-9-11-17(12-10-16)18(19-5-2)14-20-13-7-6-8-15(20)3/h9-12,15,18-19H,4-8,13-14H2,1-3H3. The highest BCUT2D eigenvalue weighted by Crippen LogP contribution is 2.21. The van der Waals surface area contributed by atoms with Gasteiger partial charge in [0.05, 0.1) is 0 Å². The van der Waals surface area contributed by atoms with Crippen LogP contribution in [0.25, 0.3) is 0 Å². The molecule has 1 fully saturated rings. The van der Waals surface area contributed by atoms with Gasteiger partial charge in [-0.15, -0.1) is 0 Å². The molecule has 1 N–H and O–H groups in total. The van der Waals surface area contributed by atoms with Gasteiger partial charge in [-0.1, -0.05) is 44.5 Å². The van der Waals surface area contributed by atoms with Crippen LogP contribution in [0.5, 0.6) is 0 Å². The summed E-state index contributed by atoms with van der Waals surface area (Å²) in [6.45, 7) is 10.2. The maximum atomic E-state index is 3.66. The van der Waals surface area contributed by atoms with E-state index in [1.807, 2.05) is 0 Å². The molecule has 112 valence electrons. The van der Waals surface area contributed by atoms with Crippen molar-refractivity contribution in [3.63, 3.8) is 0 Å². The maximum Gasteiger partial charge on any atom is 0.0449 e. The number of benzene rings is 1. The highest BCUT2D eigenvalue weighted by Gasteiger charge is 2.22. The Kier molecular flexibility index (Phi) is 6.06. The summed E-state index contributed by atoms with van der Waals surface area (Å²) in [6.07, 6.45) is 5.23. The lowest BCUT2D eigenvalue weighted by Crippen LogP contribution is -2.43. The van der Waals surface area contributed by atoms with Crippen molar-refractivity contribution >= 4 is 0 Å². The molecule has 2 nitrogen and oxygen atoms in total. The number of nitrogens with zero attached hydrogens (tertiary/aromatic N) is 1. The number of piperidine rings is 1. The summed E-state index contributed by atoms with van der Waals surface area (Å²) in [7, 11) is 0. The fourth-order valence-electron chi connectivity index (χ4n) is 3.18. The molecule has 1 aromatic carbocycles. The van der Waals surface area contributed by atoms with Crippen LogP contribution in [0.3, 0.4) is 0 Å². The molecular formula is C18H30N2. The van der Waals surface area contributed by atoms with Crippen molar-refractivity contribution in [2.75, 3.05) is 19.6 Å². The third-order valence-electron chi connectivity index (χ3n) is 4.60. The van der Waals surface area contributed by atoms with E-state index in [-0.39, 0.29) is 0 Å². The average Bonchev–Trinajstić information content (AvgIpc) is 2.49. The van der Waals surface area contributed by atoms with E-state index in [0.717, 1.165) is 25.6 Å². The van der Waals surface area contributed by atoms with E-state index < -0.39 is 0 Å². The van der Waals surface area contributed by atoms with E-state index >= 15 is 0 Å². The zero-order chi connectivity index (χ0) is 14.4. The number of aryl methyl sites for hydroxylation is 1. The molecule has 0 bridgehead atoms. The monoisotopic (exact) mass is 274 g/mol. The summed E-state index contributed by atoms with van der Waals surface area (Å²) < 4.78 is 0. The molecule has 0 aliphatic carbocycles. The number of likely N-dealkylation sites (N-methyl/N-ethyl adjacent to an activating group) is 1. The molecule has 1 aromatic rings. The Balaban J connectivity index is 2.04. The van der Waals surface area contributed by atoms with Gasteiger partial charge in [0.25, 0.3) is 0 Å². The van der Waals surface area contributed by atoms with Crippen LogP contribution in [0.15, 0.2) is 24.3 Å². The molecule has 1 heterocycles. The summed E-state index contributed by atoms with van der Waals surface area (Å²) >= 11 is 0. The van der Waals surface area contributed by atoms with Crippen molar-refractivity contribution in [2.45, 2.75) is 58.5 Å². The minimum Gasteiger partial charge on any atom is -0.309 e. The van der Waals surface area contributed by atoms with Gasteiger partial charge in [-0.3, -0.25) is 4.90 Å². The lowest BCUT2D eigenvalue weighted by Gasteiger charge is -2.36. The van der Waals surface area contributed by atoms with Gasteiger partial charge in [-0.05, 0) is 50.4 Å². The van der Waals surface area contributed by atoms with Crippen molar-refractivity contribution in [2.24, 2.45) is 0 Å². The molecule has 1 aliphatic rings. The first-order valence-electron chi connectivity index (χ1n) is 8.30. The zero-order valence-corrected chi connectivity index (χ0v) is 13.4. The van der Waals surface area contributed by atoms with E-state index in [0.29, 0.717) is 6.04 Å². The minimum absolute atomic E-state index is 0.464. The summed E-state index contributed by atoms with van der Waals surface area (Å²) in [5.41, 5.74) is 2.86. The van der Waals surface area contributed by atoms with Crippen LogP contribution in [0.1, 0.15) is 57.2 Å². The van der Waals surface area contributed by atoms with E-state index in [9.17, 15) is 0 Å². The Morgan fingerprint density at radius 1 is 1.20 bits per heavy atom. The SMILES string of the molecule is CCNC(CN1CCCCC1C)c1ccc(CC)cc1. The topological polar surface area (TPSA) is 15.3 Å². The van der Waals surface area contributed by atoms with Crippen molar-refractivity contribution in [1.82, 2.24) is 10.2 Å². The predicted octanol–water partition coefficient (Wildman–Crippen LogP) is 3.77. The molecule has 0 radical (unpaired) electrons. The van der Waals surface area contributed by atoms with Crippen LogP contribution < -0.4 is 5.32 Å². The molecule has 2 atom stereocenters. The first-order chi connectivity index (χ1) is 9.74. The van der Waals surface area contributed by atoms with E-state index in [4.69, 9.17) is 0 Å². The molecule has 0 amide bonds. The van der Waals surface area contributed by atoms with Gasteiger partial charge < -0.3 is 5.32 Å². The Morgan fingerprint density at radius 3 is 2.55 bits per heavy atom. The number of likely N-dealkylation sites (tertiary alicyclic amines) is 1. The van der Waals surface area contributed by atoms with Crippen LogP contribution >= 0.6 is 0 Å². The van der Waals surface area contributed by atoms with E-state index in [2.05, 4.69) is 55.3 Å². The Bertz CT molecular complexity index is 385. The Hall–Kier alpha value is -0.860. The zero-order valence-electron chi connectivity index (χ0n) is 13.4. The second-order valence-corrected chi connectivity index (χ2v) is 6.05. The van der Waals surface area contributed by atoms with Gasteiger partial charge in [0.15, 0.2) is 0 Å². The number of hydrogen-bond donors (Lipinski definition) is 1. The molecular weight excluding hydrogens is 244 g/mol. The second kappa shape index (κ2) is 7.80.